The number of carbonyl (C=O) groups is 3. The highest BCUT2D eigenvalue weighted by Crippen LogP contribution is 2.33. The molecule has 2 aliphatic carbocycles. The van der Waals surface area contributed by atoms with Crippen LogP contribution >= 0.6 is 0 Å². The van der Waals surface area contributed by atoms with E-state index in [9.17, 15) is 19.6 Å². The summed E-state index contributed by atoms with van der Waals surface area (Å²) < 4.78 is 0. The largest absolute Gasteiger partial charge is 0.465 e. The van der Waals surface area contributed by atoms with Gasteiger partial charge in [0.1, 0.15) is 11.7 Å². The molecule has 1 heterocycles. The molecule has 3 atom stereocenters. The van der Waals surface area contributed by atoms with Gasteiger partial charge < -0.3 is 20.7 Å². The topological polar surface area (TPSA) is 147 Å². The Morgan fingerprint density at radius 1 is 1.13 bits per heavy atom. The number of carboxylic acid groups (broad SMARTS) is 1. The number of benzene rings is 1. The van der Waals surface area contributed by atoms with Gasteiger partial charge in [0.2, 0.25) is 5.91 Å². The first-order valence-electron chi connectivity index (χ1n) is 10.6. The van der Waals surface area contributed by atoms with Gasteiger partial charge in [-0.25, -0.2) is 4.79 Å². The lowest BCUT2D eigenvalue weighted by molar-refractivity contribution is -0.127. The Balaban J connectivity index is 1.45. The second kappa shape index (κ2) is 8.68. The normalized spacial score (nSPS) is 21.6. The summed E-state index contributed by atoms with van der Waals surface area (Å²) in [5, 5.41) is 27.0. The number of nitrogens with zero attached hydrogens (tertiary/aromatic N) is 1. The molecule has 0 saturated heterocycles. The van der Waals surface area contributed by atoms with Gasteiger partial charge in [0, 0.05) is 22.6 Å². The smallest absolute Gasteiger partial charge is 0.409 e. The molecule has 1 aromatic carbocycles. The number of anilines is 1. The van der Waals surface area contributed by atoms with Gasteiger partial charge in [0.15, 0.2) is 0 Å². The van der Waals surface area contributed by atoms with Crippen molar-refractivity contribution in [1.82, 2.24) is 15.6 Å². The molecule has 2 aliphatic rings. The van der Waals surface area contributed by atoms with Crippen molar-refractivity contribution in [3.8, 4) is 6.07 Å². The third kappa shape index (κ3) is 4.79. The van der Waals surface area contributed by atoms with Crippen LogP contribution < -0.4 is 16.0 Å². The van der Waals surface area contributed by atoms with E-state index < -0.39 is 12.1 Å². The average Bonchev–Trinajstić information content (AvgIpc) is 3.50. The molecular weight excluding hydrogens is 398 g/mol. The van der Waals surface area contributed by atoms with Crippen molar-refractivity contribution >= 4 is 34.5 Å². The molecular formula is C22H25N5O4. The summed E-state index contributed by atoms with van der Waals surface area (Å²) in [6.45, 7) is 0. The van der Waals surface area contributed by atoms with E-state index in [1.54, 1.807) is 24.3 Å². The van der Waals surface area contributed by atoms with Crippen molar-refractivity contribution in [3.05, 3.63) is 30.0 Å². The first-order chi connectivity index (χ1) is 14.9. The standard InChI is InChI=1S/C22H25N5O4/c23-11-19(12-5-6-12)27-20(28)15-3-1-2-4-17(15)26-21(29)18-10-13-9-14(24-22(30)31)7-8-16(13)25-18/h7-10,12,15,17,19,24-25H,1-6H2,(H,26,29)(H,27,28)(H,30,31)/t15-,17+,19?/m1/s1. The monoisotopic (exact) mass is 423 g/mol. The van der Waals surface area contributed by atoms with E-state index in [1.165, 1.54) is 0 Å². The van der Waals surface area contributed by atoms with Crippen LogP contribution in [0.25, 0.3) is 10.9 Å². The number of H-pyrrole nitrogens is 1. The van der Waals surface area contributed by atoms with Crippen molar-refractivity contribution in [2.45, 2.75) is 50.6 Å². The predicted octanol–water partition coefficient (Wildman–Crippen LogP) is 2.96. The molecule has 1 aromatic heterocycles. The minimum atomic E-state index is -1.16. The third-order valence-electron chi connectivity index (χ3n) is 6.07. The highest BCUT2D eigenvalue weighted by atomic mass is 16.4. The Morgan fingerprint density at radius 3 is 2.61 bits per heavy atom. The SMILES string of the molecule is N#CC(NC(=O)[C@@H]1CCCC[C@@H]1NC(=O)c1cc2cc(NC(=O)O)ccc2[nH]1)C1CC1. The Bertz CT molecular complexity index is 1050. The van der Waals surface area contributed by atoms with E-state index in [-0.39, 0.29) is 29.7 Å². The summed E-state index contributed by atoms with van der Waals surface area (Å²) in [7, 11) is 0. The Kier molecular flexibility index (Phi) is 5.80. The summed E-state index contributed by atoms with van der Waals surface area (Å²) in [6, 6.07) is 8.06. The summed E-state index contributed by atoms with van der Waals surface area (Å²) in [5.41, 5.74) is 1.47. The first kappa shape index (κ1) is 20.7. The summed E-state index contributed by atoms with van der Waals surface area (Å²) in [4.78, 5) is 39.6. The second-order valence-electron chi connectivity index (χ2n) is 8.34. The summed E-state index contributed by atoms with van der Waals surface area (Å²) >= 11 is 0. The van der Waals surface area contributed by atoms with Gasteiger partial charge in [-0.05, 0) is 55.9 Å². The molecule has 3 amide bonds. The van der Waals surface area contributed by atoms with Crippen LogP contribution in [0.3, 0.4) is 0 Å². The van der Waals surface area contributed by atoms with Crippen LogP contribution in [-0.2, 0) is 4.79 Å². The predicted molar refractivity (Wildman–Crippen MR) is 113 cm³/mol. The van der Waals surface area contributed by atoms with Crippen LogP contribution in [0.15, 0.2) is 24.3 Å². The number of hydrogen-bond donors (Lipinski definition) is 5. The van der Waals surface area contributed by atoms with E-state index in [0.717, 1.165) is 25.7 Å². The van der Waals surface area contributed by atoms with Gasteiger partial charge in [-0.3, -0.25) is 14.9 Å². The fraction of sp³-hybridized carbons (Fsp3) is 0.455. The molecule has 0 spiro atoms. The number of amides is 3. The number of nitriles is 1. The molecule has 2 saturated carbocycles. The number of fused-ring (bicyclic) bond motifs is 1. The van der Waals surface area contributed by atoms with Crippen LogP contribution in [0.2, 0.25) is 0 Å². The quantitative estimate of drug-likeness (QED) is 0.485. The van der Waals surface area contributed by atoms with E-state index in [4.69, 9.17) is 5.11 Å². The van der Waals surface area contributed by atoms with E-state index >= 15 is 0 Å². The van der Waals surface area contributed by atoms with Gasteiger partial charge in [-0.15, -0.1) is 0 Å². The summed E-state index contributed by atoms with van der Waals surface area (Å²) in [5.74, 6) is -0.586. The third-order valence-corrected chi connectivity index (χ3v) is 6.07. The zero-order valence-corrected chi connectivity index (χ0v) is 17.0. The number of nitrogens with one attached hydrogen (secondary N) is 4. The highest BCUT2D eigenvalue weighted by Gasteiger charge is 2.37. The van der Waals surface area contributed by atoms with Gasteiger partial charge in [-0.1, -0.05) is 12.8 Å². The molecule has 4 rings (SSSR count). The van der Waals surface area contributed by atoms with Crippen molar-refractivity contribution < 1.29 is 19.5 Å². The first-order valence-corrected chi connectivity index (χ1v) is 10.6. The second-order valence-corrected chi connectivity index (χ2v) is 8.34. The molecule has 9 heteroatoms. The zero-order chi connectivity index (χ0) is 22.0. The van der Waals surface area contributed by atoms with Gasteiger partial charge in [0.25, 0.3) is 5.91 Å². The van der Waals surface area contributed by atoms with Crippen LogP contribution in [0, 0.1) is 23.2 Å². The molecule has 2 aromatic rings. The Hall–Kier alpha value is -3.54. The van der Waals surface area contributed by atoms with E-state index in [0.29, 0.717) is 35.1 Å². The molecule has 0 aliphatic heterocycles. The molecule has 31 heavy (non-hydrogen) atoms. The van der Waals surface area contributed by atoms with Crippen LogP contribution in [-0.4, -0.2) is 40.1 Å². The molecule has 2 fully saturated rings. The molecule has 0 bridgehead atoms. The fourth-order valence-corrected chi connectivity index (χ4v) is 4.27. The lowest BCUT2D eigenvalue weighted by Gasteiger charge is -2.31. The minimum Gasteiger partial charge on any atom is -0.465 e. The molecule has 5 N–H and O–H groups in total. The van der Waals surface area contributed by atoms with Crippen molar-refractivity contribution in [2.75, 3.05) is 5.32 Å². The van der Waals surface area contributed by atoms with Crippen molar-refractivity contribution in [1.29, 1.82) is 5.26 Å². The minimum absolute atomic E-state index is 0.163. The maximum absolute atomic E-state index is 12.9. The van der Waals surface area contributed by atoms with Crippen LogP contribution in [0.5, 0.6) is 0 Å². The van der Waals surface area contributed by atoms with Gasteiger partial charge in [-0.2, -0.15) is 5.26 Å². The Labute approximate surface area is 179 Å². The average molecular weight is 423 g/mol. The lowest BCUT2D eigenvalue weighted by atomic mass is 9.83. The maximum atomic E-state index is 12.9. The highest BCUT2D eigenvalue weighted by molar-refractivity contribution is 5.99. The van der Waals surface area contributed by atoms with Crippen molar-refractivity contribution in [2.24, 2.45) is 11.8 Å². The van der Waals surface area contributed by atoms with E-state index in [1.807, 2.05) is 0 Å². The number of rotatable bonds is 6. The lowest BCUT2D eigenvalue weighted by Crippen LogP contribution is -2.50. The molecule has 162 valence electrons. The Morgan fingerprint density at radius 2 is 1.90 bits per heavy atom. The molecule has 9 nitrogen and oxygen atoms in total. The number of hydrogen-bond acceptors (Lipinski definition) is 4. The number of aromatic nitrogens is 1. The van der Waals surface area contributed by atoms with Crippen LogP contribution in [0.4, 0.5) is 10.5 Å². The van der Waals surface area contributed by atoms with Gasteiger partial charge in [0.05, 0.1) is 12.0 Å². The fourth-order valence-electron chi connectivity index (χ4n) is 4.27. The van der Waals surface area contributed by atoms with Crippen LogP contribution in [0.1, 0.15) is 49.0 Å². The van der Waals surface area contributed by atoms with Crippen molar-refractivity contribution in [3.63, 3.8) is 0 Å². The number of carbonyl (C=O) groups excluding carboxylic acids is 2. The number of aromatic amines is 1. The molecule has 1 unspecified atom stereocenters. The van der Waals surface area contributed by atoms with Gasteiger partial charge >= 0.3 is 6.09 Å². The summed E-state index contributed by atoms with van der Waals surface area (Å²) in [6.07, 6.45) is 4.00. The van der Waals surface area contributed by atoms with E-state index in [2.05, 4.69) is 27.0 Å². The maximum Gasteiger partial charge on any atom is 0.409 e. The zero-order valence-electron chi connectivity index (χ0n) is 17.0. The molecule has 0 radical (unpaired) electrons.